The van der Waals surface area contributed by atoms with Crippen molar-refractivity contribution in [2.24, 2.45) is 0 Å². The summed E-state index contributed by atoms with van der Waals surface area (Å²) in [4.78, 5) is 6.50. The monoisotopic (exact) mass is 257 g/mol. The molecule has 4 heteroatoms. The molecule has 100 valence electrons. The lowest BCUT2D eigenvalue weighted by Crippen LogP contribution is -2.25. The molecule has 1 saturated heterocycles. The van der Waals surface area contributed by atoms with Crippen molar-refractivity contribution in [3.05, 3.63) is 43.0 Å². The van der Waals surface area contributed by atoms with Gasteiger partial charge in [0.05, 0.1) is 6.33 Å². The van der Waals surface area contributed by atoms with E-state index in [0.29, 0.717) is 0 Å². The van der Waals surface area contributed by atoms with Gasteiger partial charge in [0.25, 0.3) is 0 Å². The number of likely N-dealkylation sites (tertiary alicyclic amines) is 1. The summed E-state index contributed by atoms with van der Waals surface area (Å²) in [5.41, 5.74) is 1.10. The first-order valence-electron chi connectivity index (χ1n) is 6.85. The molecule has 0 bridgehead atoms. The summed E-state index contributed by atoms with van der Waals surface area (Å²) in [7, 11) is 0. The number of imidazole rings is 1. The zero-order valence-electron chi connectivity index (χ0n) is 11.0. The molecule has 1 fully saturated rings. The molecule has 1 aliphatic rings. The molecule has 0 saturated carbocycles. The first-order valence-corrected chi connectivity index (χ1v) is 6.85. The first kappa shape index (κ1) is 12.2. The summed E-state index contributed by atoms with van der Waals surface area (Å²) >= 11 is 0. The van der Waals surface area contributed by atoms with E-state index >= 15 is 0 Å². The van der Waals surface area contributed by atoms with E-state index in [9.17, 15) is 0 Å². The van der Waals surface area contributed by atoms with Crippen LogP contribution in [0, 0.1) is 0 Å². The Morgan fingerprint density at radius 3 is 2.58 bits per heavy atom. The van der Waals surface area contributed by atoms with Gasteiger partial charge in [-0.3, -0.25) is 4.90 Å². The lowest BCUT2D eigenvalue weighted by atomic mass is 10.3. The van der Waals surface area contributed by atoms with Crippen molar-refractivity contribution in [1.82, 2.24) is 14.5 Å². The van der Waals surface area contributed by atoms with E-state index in [0.717, 1.165) is 24.6 Å². The maximum atomic E-state index is 5.77. The predicted octanol–water partition coefficient (Wildman–Crippen LogP) is 2.35. The third kappa shape index (κ3) is 3.15. The van der Waals surface area contributed by atoms with Crippen molar-refractivity contribution in [1.29, 1.82) is 0 Å². The normalized spacial score (nSPS) is 15.8. The number of aromatic nitrogens is 2. The minimum Gasteiger partial charge on any atom is -0.492 e. The summed E-state index contributed by atoms with van der Waals surface area (Å²) in [5.74, 6) is 0.933. The van der Waals surface area contributed by atoms with Gasteiger partial charge >= 0.3 is 0 Å². The Morgan fingerprint density at radius 2 is 1.89 bits per heavy atom. The molecule has 0 aliphatic carbocycles. The minimum absolute atomic E-state index is 0.768. The van der Waals surface area contributed by atoms with Crippen LogP contribution in [0.25, 0.3) is 5.69 Å². The smallest absolute Gasteiger partial charge is 0.119 e. The van der Waals surface area contributed by atoms with Gasteiger partial charge in [-0.15, -0.1) is 0 Å². The molecule has 19 heavy (non-hydrogen) atoms. The van der Waals surface area contributed by atoms with Crippen LogP contribution in [0.1, 0.15) is 12.8 Å². The second-order valence-corrected chi connectivity index (χ2v) is 4.86. The molecule has 1 aromatic heterocycles. The lowest BCUT2D eigenvalue weighted by molar-refractivity contribution is 0.238. The van der Waals surface area contributed by atoms with Crippen LogP contribution in [0.3, 0.4) is 0 Å². The first-order chi connectivity index (χ1) is 9.42. The Labute approximate surface area is 113 Å². The molecule has 1 aromatic carbocycles. The fourth-order valence-electron chi connectivity index (χ4n) is 2.43. The van der Waals surface area contributed by atoms with Gasteiger partial charge in [-0.1, -0.05) is 0 Å². The minimum atomic E-state index is 0.768. The molecule has 0 atom stereocenters. The molecule has 0 radical (unpaired) electrons. The van der Waals surface area contributed by atoms with Crippen LogP contribution < -0.4 is 4.74 Å². The van der Waals surface area contributed by atoms with Crippen molar-refractivity contribution >= 4 is 0 Å². The molecule has 0 spiro atoms. The van der Waals surface area contributed by atoms with Crippen molar-refractivity contribution in [3.8, 4) is 11.4 Å². The van der Waals surface area contributed by atoms with E-state index in [1.54, 1.807) is 12.5 Å². The average molecular weight is 257 g/mol. The van der Waals surface area contributed by atoms with Crippen molar-refractivity contribution in [2.45, 2.75) is 12.8 Å². The number of hydrogen-bond acceptors (Lipinski definition) is 3. The van der Waals surface area contributed by atoms with Crippen LogP contribution >= 0.6 is 0 Å². The summed E-state index contributed by atoms with van der Waals surface area (Å²) in [6.07, 6.45) is 8.17. The third-order valence-electron chi connectivity index (χ3n) is 3.51. The molecule has 0 amide bonds. The van der Waals surface area contributed by atoms with Crippen LogP contribution in [-0.2, 0) is 0 Å². The van der Waals surface area contributed by atoms with E-state index in [2.05, 4.69) is 9.88 Å². The Bertz CT molecular complexity index is 487. The maximum Gasteiger partial charge on any atom is 0.119 e. The van der Waals surface area contributed by atoms with Crippen LogP contribution in [0.15, 0.2) is 43.0 Å². The van der Waals surface area contributed by atoms with E-state index in [1.807, 2.05) is 35.0 Å². The third-order valence-corrected chi connectivity index (χ3v) is 3.51. The fourth-order valence-corrected chi connectivity index (χ4v) is 2.43. The molecule has 0 unspecified atom stereocenters. The van der Waals surface area contributed by atoms with Gasteiger partial charge in [0, 0.05) is 24.6 Å². The highest BCUT2D eigenvalue weighted by atomic mass is 16.5. The molecule has 4 nitrogen and oxygen atoms in total. The molecule has 2 heterocycles. The largest absolute Gasteiger partial charge is 0.492 e. The number of ether oxygens (including phenoxy) is 1. The Kier molecular flexibility index (Phi) is 3.79. The summed E-state index contributed by atoms with van der Waals surface area (Å²) < 4.78 is 7.75. The predicted molar refractivity (Wildman–Crippen MR) is 74.7 cm³/mol. The average Bonchev–Trinajstić information content (AvgIpc) is 3.13. The van der Waals surface area contributed by atoms with Crippen LogP contribution in [0.2, 0.25) is 0 Å². The number of benzene rings is 1. The Morgan fingerprint density at radius 1 is 1.11 bits per heavy atom. The van der Waals surface area contributed by atoms with Gasteiger partial charge < -0.3 is 9.30 Å². The number of nitrogens with zero attached hydrogens (tertiary/aromatic N) is 3. The molecular weight excluding hydrogens is 238 g/mol. The maximum absolute atomic E-state index is 5.77. The van der Waals surface area contributed by atoms with Crippen LogP contribution in [-0.4, -0.2) is 40.7 Å². The molecular formula is C15H19N3O. The number of rotatable bonds is 5. The van der Waals surface area contributed by atoms with Crippen LogP contribution in [0.5, 0.6) is 5.75 Å². The van der Waals surface area contributed by atoms with Crippen molar-refractivity contribution in [3.63, 3.8) is 0 Å². The zero-order chi connectivity index (χ0) is 12.9. The molecule has 2 aromatic rings. The molecule has 1 aliphatic heterocycles. The Hall–Kier alpha value is -1.81. The van der Waals surface area contributed by atoms with E-state index < -0.39 is 0 Å². The molecule has 3 rings (SSSR count). The van der Waals surface area contributed by atoms with E-state index in [1.165, 1.54) is 25.9 Å². The standard InChI is InChI=1S/C15H19N3O/c1-2-9-17(8-1)11-12-19-15-5-3-14(4-6-15)18-10-7-16-13-18/h3-7,10,13H,1-2,8-9,11-12H2. The molecule has 0 N–H and O–H groups in total. The Balaban J connectivity index is 1.51. The van der Waals surface area contributed by atoms with Gasteiger partial charge in [0.15, 0.2) is 0 Å². The highest BCUT2D eigenvalue weighted by molar-refractivity contribution is 5.37. The van der Waals surface area contributed by atoms with Gasteiger partial charge in [-0.05, 0) is 50.2 Å². The highest BCUT2D eigenvalue weighted by Crippen LogP contribution is 2.15. The summed E-state index contributed by atoms with van der Waals surface area (Å²) in [6.45, 7) is 4.25. The second-order valence-electron chi connectivity index (χ2n) is 4.86. The fraction of sp³-hybridized carbons (Fsp3) is 0.400. The zero-order valence-corrected chi connectivity index (χ0v) is 11.0. The SMILES string of the molecule is c1cn(-c2ccc(OCCN3CCCC3)cc2)cn1. The summed E-state index contributed by atoms with van der Waals surface area (Å²) in [6, 6.07) is 8.12. The topological polar surface area (TPSA) is 30.3 Å². The van der Waals surface area contributed by atoms with Gasteiger partial charge in [0.2, 0.25) is 0 Å². The van der Waals surface area contributed by atoms with E-state index in [4.69, 9.17) is 4.74 Å². The van der Waals surface area contributed by atoms with Gasteiger partial charge in [0.1, 0.15) is 12.4 Å². The van der Waals surface area contributed by atoms with Gasteiger partial charge in [-0.2, -0.15) is 0 Å². The second kappa shape index (κ2) is 5.89. The highest BCUT2D eigenvalue weighted by Gasteiger charge is 2.10. The van der Waals surface area contributed by atoms with E-state index in [-0.39, 0.29) is 0 Å². The number of hydrogen-bond donors (Lipinski definition) is 0. The quantitative estimate of drug-likeness (QED) is 0.823. The van der Waals surface area contributed by atoms with Gasteiger partial charge in [-0.25, -0.2) is 4.98 Å². The summed E-state index contributed by atoms with van der Waals surface area (Å²) in [5, 5.41) is 0. The lowest BCUT2D eigenvalue weighted by Gasteiger charge is -2.15. The van der Waals surface area contributed by atoms with Crippen molar-refractivity contribution in [2.75, 3.05) is 26.2 Å². The van der Waals surface area contributed by atoms with Crippen LogP contribution in [0.4, 0.5) is 0 Å². The van der Waals surface area contributed by atoms with Crippen molar-refractivity contribution < 1.29 is 4.74 Å².